The summed E-state index contributed by atoms with van der Waals surface area (Å²) in [4.78, 5) is 9.98. The average Bonchev–Trinajstić information content (AvgIpc) is 2.19. The van der Waals surface area contributed by atoms with Crippen molar-refractivity contribution in [3.63, 3.8) is 0 Å². The Morgan fingerprint density at radius 3 is 2.38 bits per heavy atom. The fraction of sp³-hybridized carbons (Fsp3) is 0.364. The van der Waals surface area contributed by atoms with E-state index >= 15 is 0 Å². The van der Waals surface area contributed by atoms with Crippen LogP contribution in [0, 0.1) is 0 Å². The molecule has 1 aromatic rings. The summed E-state index contributed by atoms with van der Waals surface area (Å²) < 4.78 is 0. The maximum atomic E-state index is 9.98. The van der Waals surface area contributed by atoms with Crippen molar-refractivity contribution in [3.05, 3.63) is 35.4 Å². The van der Waals surface area contributed by atoms with Crippen molar-refractivity contribution >= 4 is 6.41 Å². The summed E-state index contributed by atoms with van der Waals surface area (Å²) in [7, 11) is 0. The summed E-state index contributed by atoms with van der Waals surface area (Å²) in [6.07, 6.45) is 2.72. The van der Waals surface area contributed by atoms with Gasteiger partial charge in [-0.3, -0.25) is 4.79 Å². The van der Waals surface area contributed by atoms with Gasteiger partial charge in [0.25, 0.3) is 0 Å². The molecule has 0 atom stereocenters. The van der Waals surface area contributed by atoms with E-state index in [1.54, 1.807) is 0 Å². The summed E-state index contributed by atoms with van der Waals surface area (Å²) in [5.74, 6) is 0. The highest BCUT2D eigenvalue weighted by atomic mass is 16.1. The minimum Gasteiger partial charge on any atom is -0.358 e. The van der Waals surface area contributed by atoms with E-state index in [2.05, 4.69) is 36.5 Å². The third kappa shape index (κ3) is 3.28. The van der Waals surface area contributed by atoms with Gasteiger partial charge in [0.2, 0.25) is 6.41 Å². The standard InChI is InChI=1S/C11H15NO/c1-2-10-3-5-11(6-4-10)7-8-12-9-13/h3-6,9H,2,7-8H2,1H3,(H,12,13). The molecule has 2 nitrogen and oxygen atoms in total. The number of aryl methyl sites for hydroxylation is 1. The molecule has 0 saturated heterocycles. The normalized spacial score (nSPS) is 9.62. The van der Waals surface area contributed by atoms with Crippen LogP contribution >= 0.6 is 0 Å². The summed E-state index contributed by atoms with van der Waals surface area (Å²) in [6.45, 7) is 2.86. The first-order chi connectivity index (χ1) is 6.36. The van der Waals surface area contributed by atoms with Crippen LogP contribution in [-0.4, -0.2) is 13.0 Å². The van der Waals surface area contributed by atoms with Crippen LogP contribution in [0.2, 0.25) is 0 Å². The highest BCUT2D eigenvalue weighted by molar-refractivity contribution is 5.45. The summed E-state index contributed by atoms with van der Waals surface area (Å²) in [5, 5.41) is 2.64. The van der Waals surface area contributed by atoms with Gasteiger partial charge in [0.1, 0.15) is 0 Å². The first-order valence-corrected chi connectivity index (χ1v) is 4.61. The Balaban J connectivity index is 2.44. The number of amides is 1. The first-order valence-electron chi connectivity index (χ1n) is 4.61. The number of hydrogen-bond donors (Lipinski definition) is 1. The fourth-order valence-electron chi connectivity index (χ4n) is 1.22. The van der Waals surface area contributed by atoms with Gasteiger partial charge in [-0.2, -0.15) is 0 Å². The lowest BCUT2D eigenvalue weighted by atomic mass is 10.1. The van der Waals surface area contributed by atoms with Crippen molar-refractivity contribution in [2.45, 2.75) is 19.8 Å². The molecule has 13 heavy (non-hydrogen) atoms. The highest BCUT2D eigenvalue weighted by Gasteiger charge is 1.92. The summed E-state index contributed by atoms with van der Waals surface area (Å²) in [6, 6.07) is 8.50. The zero-order valence-corrected chi connectivity index (χ0v) is 7.92. The number of carbonyl (C=O) groups is 1. The van der Waals surface area contributed by atoms with Crippen LogP contribution in [0.1, 0.15) is 18.1 Å². The van der Waals surface area contributed by atoms with Crippen molar-refractivity contribution in [2.75, 3.05) is 6.54 Å². The van der Waals surface area contributed by atoms with Gasteiger partial charge in [-0.05, 0) is 24.0 Å². The Labute approximate surface area is 79.0 Å². The molecule has 0 radical (unpaired) electrons. The smallest absolute Gasteiger partial charge is 0.207 e. The molecule has 70 valence electrons. The van der Waals surface area contributed by atoms with Gasteiger partial charge < -0.3 is 5.32 Å². The highest BCUT2D eigenvalue weighted by Crippen LogP contribution is 2.04. The quantitative estimate of drug-likeness (QED) is 0.536. The van der Waals surface area contributed by atoms with Gasteiger partial charge in [0.05, 0.1) is 0 Å². The van der Waals surface area contributed by atoms with Crippen molar-refractivity contribution < 1.29 is 4.79 Å². The lowest BCUT2D eigenvalue weighted by Gasteiger charge is -2.01. The maximum absolute atomic E-state index is 9.98. The van der Waals surface area contributed by atoms with Crippen molar-refractivity contribution in [1.29, 1.82) is 0 Å². The predicted octanol–water partition coefficient (Wildman–Crippen LogP) is 1.54. The van der Waals surface area contributed by atoms with E-state index < -0.39 is 0 Å². The molecule has 0 heterocycles. The number of carbonyl (C=O) groups excluding carboxylic acids is 1. The fourth-order valence-corrected chi connectivity index (χ4v) is 1.22. The van der Waals surface area contributed by atoms with E-state index in [1.165, 1.54) is 11.1 Å². The van der Waals surface area contributed by atoms with E-state index in [4.69, 9.17) is 0 Å². The van der Waals surface area contributed by atoms with Gasteiger partial charge in [0, 0.05) is 6.54 Å². The summed E-state index contributed by atoms with van der Waals surface area (Å²) >= 11 is 0. The van der Waals surface area contributed by atoms with Crippen LogP contribution in [0.5, 0.6) is 0 Å². The maximum Gasteiger partial charge on any atom is 0.207 e. The molecule has 1 rings (SSSR count). The molecule has 2 heteroatoms. The molecule has 1 aromatic carbocycles. The number of benzene rings is 1. The van der Waals surface area contributed by atoms with Crippen LogP contribution < -0.4 is 5.32 Å². The molecule has 1 N–H and O–H groups in total. The van der Waals surface area contributed by atoms with E-state index in [0.29, 0.717) is 0 Å². The minimum absolute atomic E-state index is 0.717. The van der Waals surface area contributed by atoms with Crippen molar-refractivity contribution in [1.82, 2.24) is 5.32 Å². The third-order valence-electron chi connectivity index (χ3n) is 2.07. The molecule has 0 aromatic heterocycles. The average molecular weight is 177 g/mol. The molecule has 0 aliphatic heterocycles. The van der Waals surface area contributed by atoms with E-state index in [-0.39, 0.29) is 0 Å². The lowest BCUT2D eigenvalue weighted by Crippen LogP contribution is -2.14. The van der Waals surface area contributed by atoms with Crippen molar-refractivity contribution in [3.8, 4) is 0 Å². The van der Waals surface area contributed by atoms with Crippen LogP contribution in [0.15, 0.2) is 24.3 Å². The molecule has 0 unspecified atom stereocenters. The van der Waals surface area contributed by atoms with Crippen LogP contribution in [0.3, 0.4) is 0 Å². The van der Waals surface area contributed by atoms with E-state index in [1.807, 2.05) is 0 Å². The van der Waals surface area contributed by atoms with Gasteiger partial charge >= 0.3 is 0 Å². The molecule has 0 fully saturated rings. The first kappa shape index (κ1) is 9.78. The Kier molecular flexibility index (Phi) is 4.03. The molecule has 1 amide bonds. The zero-order valence-electron chi connectivity index (χ0n) is 7.92. The minimum atomic E-state index is 0.717. The number of nitrogens with one attached hydrogen (secondary N) is 1. The van der Waals surface area contributed by atoms with Crippen LogP contribution in [-0.2, 0) is 17.6 Å². The van der Waals surface area contributed by atoms with E-state index in [9.17, 15) is 4.79 Å². The van der Waals surface area contributed by atoms with Crippen molar-refractivity contribution in [2.24, 2.45) is 0 Å². The second-order valence-corrected chi connectivity index (χ2v) is 2.99. The SMILES string of the molecule is CCc1ccc(CCNC=O)cc1. The van der Waals surface area contributed by atoms with Crippen LogP contribution in [0.25, 0.3) is 0 Å². The molecule has 0 saturated carbocycles. The number of rotatable bonds is 5. The van der Waals surface area contributed by atoms with Crippen LogP contribution in [0.4, 0.5) is 0 Å². The Morgan fingerprint density at radius 1 is 1.23 bits per heavy atom. The Hall–Kier alpha value is -1.31. The predicted molar refractivity (Wildman–Crippen MR) is 53.6 cm³/mol. The number of hydrogen-bond acceptors (Lipinski definition) is 1. The molecule has 0 spiro atoms. The van der Waals surface area contributed by atoms with Gasteiger partial charge in [0.15, 0.2) is 0 Å². The molecule has 0 bridgehead atoms. The molecule has 0 aliphatic carbocycles. The second-order valence-electron chi connectivity index (χ2n) is 2.99. The Morgan fingerprint density at radius 2 is 1.85 bits per heavy atom. The van der Waals surface area contributed by atoms with Gasteiger partial charge in [-0.25, -0.2) is 0 Å². The lowest BCUT2D eigenvalue weighted by molar-refractivity contribution is -0.109. The zero-order chi connectivity index (χ0) is 9.52. The second kappa shape index (κ2) is 5.36. The molecular weight excluding hydrogens is 162 g/mol. The Bertz CT molecular complexity index is 253. The molecular formula is C11H15NO. The summed E-state index contributed by atoms with van der Waals surface area (Å²) in [5.41, 5.74) is 2.62. The monoisotopic (exact) mass is 177 g/mol. The molecule has 0 aliphatic rings. The largest absolute Gasteiger partial charge is 0.358 e. The third-order valence-corrected chi connectivity index (χ3v) is 2.07. The van der Waals surface area contributed by atoms with E-state index in [0.717, 1.165) is 25.8 Å². The van der Waals surface area contributed by atoms with Gasteiger partial charge in [-0.1, -0.05) is 31.2 Å². The topological polar surface area (TPSA) is 29.1 Å². The van der Waals surface area contributed by atoms with Gasteiger partial charge in [-0.15, -0.1) is 0 Å².